The molecule has 1 unspecified atom stereocenters. The summed E-state index contributed by atoms with van der Waals surface area (Å²) in [6.07, 6.45) is 2.58. The smallest absolute Gasteiger partial charge is 0.304 e. The summed E-state index contributed by atoms with van der Waals surface area (Å²) in [5.41, 5.74) is 0. The van der Waals surface area contributed by atoms with Crippen LogP contribution in [0.15, 0.2) is 0 Å². The van der Waals surface area contributed by atoms with Crippen LogP contribution >= 0.6 is 0 Å². The van der Waals surface area contributed by atoms with Gasteiger partial charge in [-0.05, 0) is 12.8 Å². The van der Waals surface area contributed by atoms with E-state index in [2.05, 4.69) is 0 Å². The Kier molecular flexibility index (Phi) is 4.69. The molecule has 1 heterocycles. The van der Waals surface area contributed by atoms with Crippen molar-refractivity contribution in [1.82, 2.24) is 4.31 Å². The van der Waals surface area contributed by atoms with Gasteiger partial charge in [-0.25, -0.2) is 8.42 Å². The molecule has 1 N–H and O–H groups in total. The third-order valence-corrected chi connectivity index (χ3v) is 3.75. The monoisotopic (exact) mass is 251 g/mol. The van der Waals surface area contributed by atoms with Crippen molar-refractivity contribution < 1.29 is 23.1 Å². The average molecular weight is 251 g/mol. The first kappa shape index (κ1) is 13.4. The second kappa shape index (κ2) is 5.60. The van der Waals surface area contributed by atoms with Gasteiger partial charge in [-0.2, -0.15) is 4.31 Å². The van der Waals surface area contributed by atoms with Crippen LogP contribution in [0.5, 0.6) is 0 Å². The molecule has 0 aromatic heterocycles. The normalized spacial score (nSPS) is 21.5. The van der Waals surface area contributed by atoms with E-state index in [9.17, 15) is 13.2 Å². The lowest BCUT2D eigenvalue weighted by Crippen LogP contribution is -2.38. The summed E-state index contributed by atoms with van der Waals surface area (Å²) in [7, 11) is -3.36. The third-order valence-electron chi connectivity index (χ3n) is 2.48. The summed E-state index contributed by atoms with van der Waals surface area (Å²) >= 11 is 0. The number of carbonyl (C=O) groups is 1. The van der Waals surface area contributed by atoms with Gasteiger partial charge in [0.2, 0.25) is 10.0 Å². The molecule has 16 heavy (non-hydrogen) atoms. The van der Waals surface area contributed by atoms with Crippen LogP contribution in [0.25, 0.3) is 0 Å². The number of sulfonamides is 1. The number of hydrogen-bond donors (Lipinski definition) is 1. The highest BCUT2D eigenvalue weighted by Gasteiger charge is 2.24. The first-order valence-electron chi connectivity index (χ1n) is 5.18. The molecule has 1 fully saturated rings. The van der Waals surface area contributed by atoms with Crippen LogP contribution in [0.3, 0.4) is 0 Å². The molecule has 0 spiro atoms. The van der Waals surface area contributed by atoms with Crippen molar-refractivity contribution in [3.63, 3.8) is 0 Å². The maximum absolute atomic E-state index is 11.4. The largest absolute Gasteiger partial charge is 0.481 e. The number of ether oxygens (including phenoxy) is 1. The van der Waals surface area contributed by atoms with E-state index in [1.807, 2.05) is 0 Å². The molecule has 0 amide bonds. The zero-order valence-corrected chi connectivity index (χ0v) is 10.1. The van der Waals surface area contributed by atoms with E-state index in [-0.39, 0.29) is 25.6 Å². The van der Waals surface area contributed by atoms with Crippen molar-refractivity contribution in [2.24, 2.45) is 0 Å². The molecule has 94 valence electrons. The average Bonchev–Trinajstić information content (AvgIpc) is 2.62. The summed E-state index contributed by atoms with van der Waals surface area (Å²) in [5.74, 6) is -0.999. The minimum atomic E-state index is -3.36. The highest BCUT2D eigenvalue weighted by molar-refractivity contribution is 7.88. The Morgan fingerprint density at radius 2 is 2.25 bits per heavy atom. The first-order chi connectivity index (χ1) is 7.39. The Balaban J connectivity index is 2.53. The Hall–Kier alpha value is -0.660. The molecule has 6 nitrogen and oxygen atoms in total. The molecule has 1 aliphatic heterocycles. The van der Waals surface area contributed by atoms with Gasteiger partial charge >= 0.3 is 5.97 Å². The van der Waals surface area contributed by atoms with Crippen LogP contribution in [0.4, 0.5) is 0 Å². The van der Waals surface area contributed by atoms with E-state index < -0.39 is 16.0 Å². The van der Waals surface area contributed by atoms with Crippen LogP contribution in [0.2, 0.25) is 0 Å². The van der Waals surface area contributed by atoms with Crippen LogP contribution in [-0.4, -0.2) is 55.9 Å². The minimum Gasteiger partial charge on any atom is -0.481 e. The molecule has 0 bridgehead atoms. The Bertz CT molecular complexity index is 334. The van der Waals surface area contributed by atoms with Crippen molar-refractivity contribution in [2.75, 3.05) is 26.0 Å². The minimum absolute atomic E-state index is 0.00796. The molecule has 1 atom stereocenters. The molecule has 1 rings (SSSR count). The maximum Gasteiger partial charge on any atom is 0.304 e. The Morgan fingerprint density at radius 1 is 1.56 bits per heavy atom. The number of nitrogens with zero attached hydrogens (tertiary/aromatic N) is 1. The van der Waals surface area contributed by atoms with Crippen LogP contribution < -0.4 is 0 Å². The molecule has 7 heteroatoms. The van der Waals surface area contributed by atoms with Gasteiger partial charge in [-0.1, -0.05) is 0 Å². The maximum atomic E-state index is 11.4. The van der Waals surface area contributed by atoms with Gasteiger partial charge in [0.05, 0.1) is 18.8 Å². The first-order valence-corrected chi connectivity index (χ1v) is 7.03. The van der Waals surface area contributed by atoms with Gasteiger partial charge < -0.3 is 9.84 Å². The van der Waals surface area contributed by atoms with Gasteiger partial charge in [0.1, 0.15) is 0 Å². The zero-order chi connectivity index (χ0) is 12.2. The van der Waals surface area contributed by atoms with Gasteiger partial charge in [0.15, 0.2) is 0 Å². The van der Waals surface area contributed by atoms with E-state index >= 15 is 0 Å². The van der Waals surface area contributed by atoms with Crippen molar-refractivity contribution in [1.29, 1.82) is 0 Å². The van der Waals surface area contributed by atoms with Gasteiger partial charge in [-0.15, -0.1) is 0 Å². The highest BCUT2D eigenvalue weighted by Crippen LogP contribution is 2.15. The molecule has 1 aliphatic rings. The molecule has 0 aromatic rings. The van der Waals surface area contributed by atoms with Crippen LogP contribution in [0, 0.1) is 0 Å². The predicted molar refractivity (Wildman–Crippen MR) is 57.6 cm³/mol. The topological polar surface area (TPSA) is 83.9 Å². The standard InChI is InChI=1S/C9H17NO5S/c1-16(13,14)10(5-4-9(11)12)7-8-3-2-6-15-8/h8H,2-7H2,1H3,(H,11,12). The Morgan fingerprint density at radius 3 is 2.69 bits per heavy atom. The fourth-order valence-corrected chi connectivity index (χ4v) is 2.49. The SMILES string of the molecule is CS(=O)(=O)N(CCC(=O)O)CC1CCCO1. The third kappa shape index (κ3) is 4.46. The lowest BCUT2D eigenvalue weighted by Gasteiger charge is -2.22. The van der Waals surface area contributed by atoms with Crippen molar-refractivity contribution in [3.05, 3.63) is 0 Å². The van der Waals surface area contributed by atoms with E-state index in [1.165, 1.54) is 4.31 Å². The summed E-state index contributed by atoms with van der Waals surface area (Å²) in [6.45, 7) is 0.918. The van der Waals surface area contributed by atoms with E-state index in [0.717, 1.165) is 19.1 Å². The van der Waals surface area contributed by atoms with Gasteiger partial charge in [0, 0.05) is 19.7 Å². The van der Waals surface area contributed by atoms with Gasteiger partial charge in [0.25, 0.3) is 0 Å². The molecule has 0 aliphatic carbocycles. The quantitative estimate of drug-likeness (QED) is 0.712. The van der Waals surface area contributed by atoms with Crippen molar-refractivity contribution in [2.45, 2.75) is 25.4 Å². The number of hydrogen-bond acceptors (Lipinski definition) is 4. The van der Waals surface area contributed by atoms with Gasteiger partial charge in [-0.3, -0.25) is 4.79 Å². The van der Waals surface area contributed by atoms with Crippen molar-refractivity contribution >= 4 is 16.0 Å². The molecule has 0 aromatic carbocycles. The number of aliphatic carboxylic acids is 1. The molecule has 1 saturated heterocycles. The van der Waals surface area contributed by atoms with Crippen LogP contribution in [0.1, 0.15) is 19.3 Å². The number of carboxylic acid groups (broad SMARTS) is 1. The van der Waals surface area contributed by atoms with Crippen molar-refractivity contribution in [3.8, 4) is 0 Å². The van der Waals surface area contributed by atoms with E-state index in [1.54, 1.807) is 0 Å². The summed E-state index contributed by atoms with van der Waals surface area (Å²) < 4.78 is 29.3. The fraction of sp³-hybridized carbons (Fsp3) is 0.889. The highest BCUT2D eigenvalue weighted by atomic mass is 32.2. The molecule has 0 saturated carbocycles. The van der Waals surface area contributed by atoms with E-state index in [4.69, 9.17) is 9.84 Å². The summed E-state index contributed by atoms with van der Waals surface area (Å²) in [5, 5.41) is 8.54. The molecular weight excluding hydrogens is 234 g/mol. The lowest BCUT2D eigenvalue weighted by atomic mass is 10.2. The summed E-state index contributed by atoms with van der Waals surface area (Å²) in [6, 6.07) is 0. The zero-order valence-electron chi connectivity index (χ0n) is 9.26. The van der Waals surface area contributed by atoms with E-state index in [0.29, 0.717) is 6.61 Å². The molecular formula is C9H17NO5S. The second-order valence-electron chi connectivity index (χ2n) is 3.90. The number of carboxylic acids is 1. The fourth-order valence-electron chi connectivity index (χ4n) is 1.63. The lowest BCUT2D eigenvalue weighted by molar-refractivity contribution is -0.137. The molecule has 0 radical (unpaired) electrons. The Labute approximate surface area is 95.2 Å². The number of rotatable bonds is 6. The predicted octanol–water partition coefficient (Wildman–Crippen LogP) is -0.0983. The second-order valence-corrected chi connectivity index (χ2v) is 5.88. The summed E-state index contributed by atoms with van der Waals surface area (Å²) in [4.78, 5) is 10.4. The van der Waals surface area contributed by atoms with Crippen LogP contribution in [-0.2, 0) is 19.6 Å².